The number of nitrogens with one attached hydrogen (secondary N) is 1. The van der Waals surface area contributed by atoms with Gasteiger partial charge < -0.3 is 5.32 Å². The number of hydrogen-bond donors (Lipinski definition) is 1. The van der Waals surface area contributed by atoms with Crippen LogP contribution in [0.3, 0.4) is 0 Å². The zero-order valence-electron chi connectivity index (χ0n) is 10.9. The maximum absolute atomic E-state index is 13.6. The molecule has 1 N–H and O–H groups in total. The van der Waals surface area contributed by atoms with Gasteiger partial charge >= 0.3 is 0 Å². The molecule has 0 saturated heterocycles. The quantitative estimate of drug-likeness (QED) is 0.801. The molecule has 0 aromatic heterocycles. The highest BCUT2D eigenvalue weighted by atomic mass is 79.9. The molecule has 0 amide bonds. The number of rotatable bonds is 3. The molecule has 1 aliphatic carbocycles. The minimum Gasteiger partial charge on any atom is -0.310 e. The molecular formula is C15H21BrFN. The van der Waals surface area contributed by atoms with Gasteiger partial charge in [0.15, 0.2) is 0 Å². The molecule has 100 valence electrons. The standard InChI is InChI=1S/C15H21BrFN/c1-11-3-2-4-14(7-5-11)18-10-12-9-13(16)6-8-15(12)17/h6,8-9,11,14,18H,2-5,7,10H2,1H3. The van der Waals surface area contributed by atoms with Crippen molar-refractivity contribution < 1.29 is 4.39 Å². The smallest absolute Gasteiger partial charge is 0.127 e. The molecule has 2 atom stereocenters. The first-order chi connectivity index (χ1) is 8.65. The fraction of sp³-hybridized carbons (Fsp3) is 0.600. The van der Waals surface area contributed by atoms with Crippen LogP contribution in [0.5, 0.6) is 0 Å². The first-order valence-electron chi connectivity index (χ1n) is 6.82. The second kappa shape index (κ2) is 6.67. The van der Waals surface area contributed by atoms with Gasteiger partial charge in [0, 0.05) is 22.6 Å². The maximum atomic E-state index is 13.6. The molecular weight excluding hydrogens is 293 g/mol. The van der Waals surface area contributed by atoms with Gasteiger partial charge in [-0.25, -0.2) is 4.39 Å². The van der Waals surface area contributed by atoms with Crippen LogP contribution >= 0.6 is 15.9 Å². The Labute approximate surface area is 117 Å². The molecule has 0 bridgehead atoms. The average Bonchev–Trinajstić information content (AvgIpc) is 2.55. The first-order valence-corrected chi connectivity index (χ1v) is 7.62. The van der Waals surface area contributed by atoms with Crippen LogP contribution in [0.25, 0.3) is 0 Å². The van der Waals surface area contributed by atoms with E-state index in [0.29, 0.717) is 12.6 Å². The second-order valence-corrected chi connectivity index (χ2v) is 6.34. The summed E-state index contributed by atoms with van der Waals surface area (Å²) in [5, 5.41) is 3.51. The van der Waals surface area contributed by atoms with Gasteiger partial charge in [0.1, 0.15) is 5.82 Å². The molecule has 1 nitrogen and oxygen atoms in total. The maximum Gasteiger partial charge on any atom is 0.127 e. The van der Waals surface area contributed by atoms with E-state index >= 15 is 0 Å². The van der Waals surface area contributed by atoms with E-state index in [9.17, 15) is 4.39 Å². The van der Waals surface area contributed by atoms with Crippen molar-refractivity contribution >= 4 is 15.9 Å². The predicted molar refractivity (Wildman–Crippen MR) is 77.0 cm³/mol. The van der Waals surface area contributed by atoms with Gasteiger partial charge in [-0.15, -0.1) is 0 Å². The first kappa shape index (κ1) is 14.0. The van der Waals surface area contributed by atoms with Gasteiger partial charge in [0.05, 0.1) is 0 Å². The molecule has 2 unspecified atom stereocenters. The highest BCUT2D eigenvalue weighted by Crippen LogP contribution is 2.23. The van der Waals surface area contributed by atoms with Crippen LogP contribution in [0, 0.1) is 11.7 Å². The fourth-order valence-corrected chi connectivity index (χ4v) is 3.03. The molecule has 0 heterocycles. The Bertz CT molecular complexity index is 394. The van der Waals surface area contributed by atoms with Gasteiger partial charge in [-0.05, 0) is 43.4 Å². The Morgan fingerprint density at radius 2 is 2.11 bits per heavy atom. The summed E-state index contributed by atoms with van der Waals surface area (Å²) < 4.78 is 14.5. The summed E-state index contributed by atoms with van der Waals surface area (Å²) in [4.78, 5) is 0. The third-order valence-corrected chi connectivity index (χ3v) is 4.34. The highest BCUT2D eigenvalue weighted by molar-refractivity contribution is 9.10. The molecule has 2 rings (SSSR count). The summed E-state index contributed by atoms with van der Waals surface area (Å²) in [6, 6.07) is 5.68. The van der Waals surface area contributed by atoms with E-state index in [2.05, 4.69) is 28.2 Å². The van der Waals surface area contributed by atoms with E-state index < -0.39 is 0 Å². The Balaban J connectivity index is 1.88. The third-order valence-electron chi connectivity index (χ3n) is 3.85. The van der Waals surface area contributed by atoms with Crippen LogP contribution in [0.15, 0.2) is 22.7 Å². The lowest BCUT2D eigenvalue weighted by Crippen LogP contribution is -2.28. The van der Waals surface area contributed by atoms with E-state index in [1.165, 1.54) is 38.2 Å². The second-order valence-electron chi connectivity index (χ2n) is 5.43. The summed E-state index contributed by atoms with van der Waals surface area (Å²) >= 11 is 3.39. The van der Waals surface area contributed by atoms with Gasteiger partial charge in [-0.2, -0.15) is 0 Å². The molecule has 1 aromatic rings. The molecule has 1 fully saturated rings. The van der Waals surface area contributed by atoms with Crippen LogP contribution in [0.2, 0.25) is 0 Å². The zero-order chi connectivity index (χ0) is 13.0. The van der Waals surface area contributed by atoms with Crippen LogP contribution in [-0.4, -0.2) is 6.04 Å². The minimum absolute atomic E-state index is 0.118. The molecule has 1 aromatic carbocycles. The molecule has 18 heavy (non-hydrogen) atoms. The minimum atomic E-state index is -0.118. The normalized spacial score (nSPS) is 24.8. The van der Waals surface area contributed by atoms with Gasteiger partial charge in [0.25, 0.3) is 0 Å². The summed E-state index contributed by atoms with van der Waals surface area (Å²) in [7, 11) is 0. The lowest BCUT2D eigenvalue weighted by molar-refractivity contribution is 0.442. The van der Waals surface area contributed by atoms with Crippen LogP contribution in [0.4, 0.5) is 4.39 Å². The number of halogens is 2. The fourth-order valence-electron chi connectivity index (χ4n) is 2.62. The highest BCUT2D eigenvalue weighted by Gasteiger charge is 2.16. The monoisotopic (exact) mass is 313 g/mol. The van der Waals surface area contributed by atoms with Crippen molar-refractivity contribution in [3.63, 3.8) is 0 Å². The van der Waals surface area contributed by atoms with Crippen molar-refractivity contribution in [2.24, 2.45) is 5.92 Å². The van der Waals surface area contributed by atoms with Crippen LogP contribution in [-0.2, 0) is 6.54 Å². The molecule has 1 saturated carbocycles. The Morgan fingerprint density at radius 1 is 1.28 bits per heavy atom. The molecule has 0 aliphatic heterocycles. The lowest BCUT2D eigenvalue weighted by atomic mass is 10.0. The van der Waals surface area contributed by atoms with E-state index in [-0.39, 0.29) is 5.82 Å². The Hall–Kier alpha value is -0.410. The summed E-state index contributed by atoms with van der Waals surface area (Å²) in [5.74, 6) is 0.729. The zero-order valence-corrected chi connectivity index (χ0v) is 12.5. The molecule has 1 aliphatic rings. The van der Waals surface area contributed by atoms with E-state index in [0.717, 1.165) is 16.0 Å². The third kappa shape index (κ3) is 4.06. The van der Waals surface area contributed by atoms with Crippen molar-refractivity contribution in [3.8, 4) is 0 Å². The molecule has 0 spiro atoms. The van der Waals surface area contributed by atoms with E-state index in [4.69, 9.17) is 0 Å². The van der Waals surface area contributed by atoms with Crippen LogP contribution in [0.1, 0.15) is 44.6 Å². The van der Waals surface area contributed by atoms with E-state index in [1.54, 1.807) is 6.07 Å². The average molecular weight is 314 g/mol. The van der Waals surface area contributed by atoms with Gasteiger partial charge in [0.2, 0.25) is 0 Å². The number of benzene rings is 1. The SMILES string of the molecule is CC1CCCC(NCc2cc(Br)ccc2F)CC1. The Kier molecular flexibility index (Phi) is 5.19. The molecule has 3 heteroatoms. The van der Waals surface area contributed by atoms with Gasteiger partial charge in [-0.1, -0.05) is 35.7 Å². The lowest BCUT2D eigenvalue weighted by Gasteiger charge is -2.16. The van der Waals surface area contributed by atoms with Crippen molar-refractivity contribution in [2.45, 2.75) is 51.6 Å². The summed E-state index contributed by atoms with van der Waals surface area (Å²) in [6.45, 7) is 2.96. The molecule has 0 radical (unpaired) electrons. The largest absolute Gasteiger partial charge is 0.310 e. The van der Waals surface area contributed by atoms with Crippen molar-refractivity contribution in [1.29, 1.82) is 0 Å². The van der Waals surface area contributed by atoms with Crippen molar-refractivity contribution in [1.82, 2.24) is 5.32 Å². The summed E-state index contributed by atoms with van der Waals surface area (Å²) in [5.41, 5.74) is 0.752. The topological polar surface area (TPSA) is 12.0 Å². The van der Waals surface area contributed by atoms with Gasteiger partial charge in [-0.3, -0.25) is 0 Å². The van der Waals surface area contributed by atoms with E-state index in [1.807, 2.05) is 6.07 Å². The van der Waals surface area contributed by atoms with Crippen molar-refractivity contribution in [2.75, 3.05) is 0 Å². The van der Waals surface area contributed by atoms with Crippen LogP contribution < -0.4 is 5.32 Å². The predicted octanol–water partition coefficient (Wildman–Crippen LogP) is 4.65. The number of hydrogen-bond acceptors (Lipinski definition) is 1. The summed E-state index contributed by atoms with van der Waals surface area (Å²) in [6.07, 6.45) is 6.36. The Morgan fingerprint density at radius 3 is 2.94 bits per heavy atom. The van der Waals surface area contributed by atoms with Crippen molar-refractivity contribution in [3.05, 3.63) is 34.1 Å².